The van der Waals surface area contributed by atoms with Gasteiger partial charge in [0.2, 0.25) is 5.91 Å². The topological polar surface area (TPSA) is 57.8 Å². The van der Waals surface area contributed by atoms with Gasteiger partial charge in [0, 0.05) is 18.4 Å². The standard InChI is InChI=1S/C12H17N3O/c1-3-5-6-7-8-11(16)14-12-10(4-2)9-13-15-12/h1,9H,4-8H2,2H3,(H2,13,14,15,16). The third-order valence-electron chi connectivity index (χ3n) is 2.34. The van der Waals surface area contributed by atoms with E-state index in [-0.39, 0.29) is 5.91 Å². The molecule has 2 N–H and O–H groups in total. The van der Waals surface area contributed by atoms with Crippen LogP contribution in [-0.2, 0) is 11.2 Å². The molecular formula is C12H17N3O. The van der Waals surface area contributed by atoms with Crippen molar-refractivity contribution in [3.05, 3.63) is 11.8 Å². The number of aromatic nitrogens is 2. The van der Waals surface area contributed by atoms with Crippen LogP contribution in [0.3, 0.4) is 0 Å². The number of anilines is 1. The summed E-state index contributed by atoms with van der Waals surface area (Å²) >= 11 is 0. The number of hydrogen-bond donors (Lipinski definition) is 2. The Hall–Kier alpha value is -1.76. The van der Waals surface area contributed by atoms with Gasteiger partial charge in [-0.1, -0.05) is 6.92 Å². The van der Waals surface area contributed by atoms with Crippen LogP contribution in [0.2, 0.25) is 0 Å². The van der Waals surface area contributed by atoms with Gasteiger partial charge in [0.05, 0.1) is 6.20 Å². The summed E-state index contributed by atoms with van der Waals surface area (Å²) in [7, 11) is 0. The Morgan fingerprint density at radius 2 is 2.44 bits per heavy atom. The van der Waals surface area contributed by atoms with Gasteiger partial charge >= 0.3 is 0 Å². The molecule has 0 bridgehead atoms. The number of carbonyl (C=O) groups is 1. The molecule has 16 heavy (non-hydrogen) atoms. The molecule has 86 valence electrons. The number of H-pyrrole nitrogens is 1. The number of aromatic amines is 1. The van der Waals surface area contributed by atoms with Crippen molar-refractivity contribution in [1.82, 2.24) is 10.2 Å². The minimum absolute atomic E-state index is 0.0102. The van der Waals surface area contributed by atoms with Crippen molar-refractivity contribution in [2.24, 2.45) is 0 Å². The van der Waals surface area contributed by atoms with Crippen molar-refractivity contribution in [2.75, 3.05) is 5.32 Å². The summed E-state index contributed by atoms with van der Waals surface area (Å²) in [4.78, 5) is 11.5. The van der Waals surface area contributed by atoms with Crippen LogP contribution in [0, 0.1) is 12.3 Å². The Balaban J connectivity index is 2.32. The smallest absolute Gasteiger partial charge is 0.225 e. The van der Waals surface area contributed by atoms with Crippen molar-refractivity contribution in [3.8, 4) is 12.3 Å². The van der Waals surface area contributed by atoms with Gasteiger partial charge in [-0.05, 0) is 19.3 Å². The molecule has 0 radical (unpaired) electrons. The minimum atomic E-state index is 0.0102. The molecule has 0 aromatic carbocycles. The first-order valence-electron chi connectivity index (χ1n) is 5.53. The van der Waals surface area contributed by atoms with Crippen molar-refractivity contribution in [1.29, 1.82) is 0 Å². The van der Waals surface area contributed by atoms with E-state index in [1.54, 1.807) is 6.20 Å². The lowest BCUT2D eigenvalue weighted by Gasteiger charge is -2.03. The Morgan fingerprint density at radius 1 is 1.62 bits per heavy atom. The third-order valence-corrected chi connectivity index (χ3v) is 2.34. The second kappa shape index (κ2) is 6.67. The first-order valence-corrected chi connectivity index (χ1v) is 5.53. The van der Waals surface area contributed by atoms with E-state index in [2.05, 4.69) is 21.4 Å². The monoisotopic (exact) mass is 219 g/mol. The number of nitrogens with one attached hydrogen (secondary N) is 2. The van der Waals surface area contributed by atoms with Crippen molar-refractivity contribution >= 4 is 11.7 Å². The molecular weight excluding hydrogens is 202 g/mol. The molecule has 1 rings (SSSR count). The van der Waals surface area contributed by atoms with Crippen molar-refractivity contribution in [3.63, 3.8) is 0 Å². The summed E-state index contributed by atoms with van der Waals surface area (Å²) in [6.07, 6.45) is 10.7. The largest absolute Gasteiger partial charge is 0.311 e. The molecule has 0 unspecified atom stereocenters. The second-order valence-electron chi connectivity index (χ2n) is 3.58. The highest BCUT2D eigenvalue weighted by molar-refractivity contribution is 5.90. The van der Waals surface area contributed by atoms with Crippen LogP contribution >= 0.6 is 0 Å². The maximum atomic E-state index is 11.5. The van der Waals surface area contributed by atoms with Gasteiger partial charge < -0.3 is 5.32 Å². The average Bonchev–Trinajstić information content (AvgIpc) is 2.71. The molecule has 1 amide bonds. The molecule has 0 fully saturated rings. The molecule has 0 saturated heterocycles. The van der Waals surface area contributed by atoms with Crippen LogP contribution in [0.4, 0.5) is 5.82 Å². The van der Waals surface area contributed by atoms with E-state index in [1.165, 1.54) is 0 Å². The lowest BCUT2D eigenvalue weighted by molar-refractivity contribution is -0.116. The first kappa shape index (κ1) is 12.3. The number of unbranched alkanes of at least 4 members (excludes halogenated alkanes) is 2. The number of hydrogen-bond acceptors (Lipinski definition) is 2. The molecule has 4 nitrogen and oxygen atoms in total. The predicted octanol–water partition coefficient (Wildman–Crippen LogP) is 2.10. The van der Waals surface area contributed by atoms with Crippen LogP contribution in [0.5, 0.6) is 0 Å². The normalized spacial score (nSPS) is 9.75. The zero-order valence-corrected chi connectivity index (χ0v) is 9.55. The van der Waals surface area contributed by atoms with Crippen LogP contribution in [0.1, 0.15) is 38.2 Å². The summed E-state index contributed by atoms with van der Waals surface area (Å²) in [6.45, 7) is 2.02. The summed E-state index contributed by atoms with van der Waals surface area (Å²) in [5, 5.41) is 9.47. The van der Waals surface area contributed by atoms with Crippen LogP contribution in [0.15, 0.2) is 6.20 Å². The molecule has 1 aromatic heterocycles. The third kappa shape index (κ3) is 3.77. The van der Waals surface area contributed by atoms with Gasteiger partial charge in [-0.2, -0.15) is 5.10 Å². The van der Waals surface area contributed by atoms with Crippen molar-refractivity contribution in [2.45, 2.75) is 39.0 Å². The van der Waals surface area contributed by atoms with Gasteiger partial charge in [-0.15, -0.1) is 12.3 Å². The van der Waals surface area contributed by atoms with E-state index in [9.17, 15) is 4.79 Å². The van der Waals surface area contributed by atoms with Crippen LogP contribution in [-0.4, -0.2) is 16.1 Å². The fourth-order valence-electron chi connectivity index (χ4n) is 1.40. The van der Waals surface area contributed by atoms with Gasteiger partial charge in [-0.3, -0.25) is 9.89 Å². The molecule has 4 heteroatoms. The first-order chi connectivity index (χ1) is 7.77. The molecule has 1 aromatic rings. The van der Waals surface area contributed by atoms with Crippen molar-refractivity contribution < 1.29 is 4.79 Å². The average molecular weight is 219 g/mol. The fraction of sp³-hybridized carbons (Fsp3) is 0.500. The van der Waals surface area contributed by atoms with Crippen LogP contribution in [0.25, 0.3) is 0 Å². The summed E-state index contributed by atoms with van der Waals surface area (Å²) in [5.74, 6) is 3.28. The fourth-order valence-corrected chi connectivity index (χ4v) is 1.40. The van der Waals surface area contributed by atoms with E-state index in [4.69, 9.17) is 6.42 Å². The SMILES string of the molecule is C#CCCCCC(=O)Nc1[nH]ncc1CC. The molecule has 0 aliphatic carbocycles. The molecule has 0 aliphatic heterocycles. The number of nitrogens with zero attached hydrogens (tertiary/aromatic N) is 1. The highest BCUT2D eigenvalue weighted by Gasteiger charge is 2.06. The van der Waals surface area contributed by atoms with E-state index in [0.717, 1.165) is 31.2 Å². The predicted molar refractivity (Wildman–Crippen MR) is 63.9 cm³/mol. The maximum absolute atomic E-state index is 11.5. The number of rotatable bonds is 6. The molecule has 0 spiro atoms. The number of terminal acetylenes is 1. The zero-order chi connectivity index (χ0) is 11.8. The quantitative estimate of drug-likeness (QED) is 0.568. The lowest BCUT2D eigenvalue weighted by Crippen LogP contribution is -2.12. The lowest BCUT2D eigenvalue weighted by atomic mass is 10.2. The second-order valence-corrected chi connectivity index (χ2v) is 3.58. The number of carbonyl (C=O) groups excluding carboxylic acids is 1. The molecule has 0 saturated carbocycles. The highest BCUT2D eigenvalue weighted by Crippen LogP contribution is 2.12. The van der Waals surface area contributed by atoms with E-state index in [0.29, 0.717) is 12.2 Å². The Bertz CT molecular complexity index is 376. The van der Waals surface area contributed by atoms with Gasteiger partial charge in [0.15, 0.2) is 0 Å². The zero-order valence-electron chi connectivity index (χ0n) is 9.55. The number of aryl methyl sites for hydroxylation is 1. The Labute approximate surface area is 95.8 Å². The Morgan fingerprint density at radius 3 is 3.12 bits per heavy atom. The highest BCUT2D eigenvalue weighted by atomic mass is 16.1. The molecule has 0 atom stereocenters. The van der Waals surface area contributed by atoms with Crippen LogP contribution < -0.4 is 5.32 Å². The van der Waals surface area contributed by atoms with E-state index < -0.39 is 0 Å². The maximum Gasteiger partial charge on any atom is 0.225 e. The van der Waals surface area contributed by atoms with Gasteiger partial charge in [0.25, 0.3) is 0 Å². The van der Waals surface area contributed by atoms with Gasteiger partial charge in [0.1, 0.15) is 5.82 Å². The summed E-state index contributed by atoms with van der Waals surface area (Å²) < 4.78 is 0. The number of amides is 1. The molecule has 0 aliphatic rings. The summed E-state index contributed by atoms with van der Waals surface area (Å²) in [5.41, 5.74) is 1.02. The Kier molecular flexibility index (Phi) is 5.13. The summed E-state index contributed by atoms with van der Waals surface area (Å²) in [6, 6.07) is 0. The minimum Gasteiger partial charge on any atom is -0.311 e. The van der Waals surface area contributed by atoms with E-state index >= 15 is 0 Å². The molecule has 1 heterocycles. The van der Waals surface area contributed by atoms with E-state index in [1.807, 2.05) is 6.92 Å². The van der Waals surface area contributed by atoms with Gasteiger partial charge in [-0.25, -0.2) is 0 Å².